The zero-order valence-electron chi connectivity index (χ0n) is 17.1. The Morgan fingerprint density at radius 3 is 2.17 bits per heavy atom. The average Bonchev–Trinajstić information content (AvgIpc) is 2.69. The Balaban J connectivity index is 2.08. The maximum atomic E-state index is 6.68. The molecule has 0 bridgehead atoms. The van der Waals surface area contributed by atoms with E-state index in [2.05, 4.69) is 4.98 Å². The topological polar surface area (TPSA) is 38.7 Å². The van der Waals surface area contributed by atoms with Crippen molar-refractivity contribution in [1.29, 1.82) is 0 Å². The zero-order valence-corrected chi connectivity index (χ0v) is 19.4. The minimum atomic E-state index is -0.254. The number of rotatable bonds is 2. The van der Waals surface area contributed by atoms with Gasteiger partial charge in [-0.25, -0.2) is 15.0 Å². The monoisotopic (exact) mass is 455 g/mol. The highest BCUT2D eigenvalue weighted by molar-refractivity contribution is 6.35. The number of aryl methyl sites for hydroxylation is 1. The molecule has 0 aliphatic heterocycles. The normalized spacial score (nSPS) is 11.8. The summed E-state index contributed by atoms with van der Waals surface area (Å²) in [5, 5.41) is 2.41. The molecule has 0 aliphatic carbocycles. The van der Waals surface area contributed by atoms with E-state index in [4.69, 9.17) is 44.8 Å². The van der Waals surface area contributed by atoms with Crippen LogP contribution in [0, 0.1) is 6.92 Å². The fourth-order valence-electron chi connectivity index (χ4n) is 3.24. The van der Waals surface area contributed by atoms with E-state index in [1.807, 2.05) is 76.2 Å². The van der Waals surface area contributed by atoms with Gasteiger partial charge in [-0.3, -0.25) is 0 Å². The summed E-state index contributed by atoms with van der Waals surface area (Å²) in [6, 6.07) is 15.5. The number of fused-ring (bicyclic) bond motifs is 1. The standard InChI is InChI=1S/C24H20Cl3N3/c1-13-6-5-7-16(19(13)26)20-17(14-8-10-15(25)11-9-14)12-18-21(27)29-23(24(2,3)4)30-22(18)28-20/h5-12H,1-4H3. The molecule has 2 aromatic carbocycles. The summed E-state index contributed by atoms with van der Waals surface area (Å²) in [6.07, 6.45) is 0. The molecule has 0 radical (unpaired) electrons. The largest absolute Gasteiger partial charge is 0.227 e. The maximum Gasteiger partial charge on any atom is 0.165 e. The van der Waals surface area contributed by atoms with E-state index in [1.165, 1.54) is 0 Å². The third-order valence-electron chi connectivity index (χ3n) is 4.91. The molecule has 0 saturated carbocycles. The van der Waals surface area contributed by atoms with Crippen molar-refractivity contribution in [2.75, 3.05) is 0 Å². The molecule has 0 spiro atoms. The summed E-state index contributed by atoms with van der Waals surface area (Å²) in [6.45, 7) is 8.12. The first-order valence-electron chi connectivity index (χ1n) is 9.55. The van der Waals surface area contributed by atoms with Crippen LogP contribution in [0.2, 0.25) is 15.2 Å². The molecule has 30 heavy (non-hydrogen) atoms. The van der Waals surface area contributed by atoms with Gasteiger partial charge < -0.3 is 0 Å². The van der Waals surface area contributed by atoms with Crippen molar-refractivity contribution in [2.45, 2.75) is 33.1 Å². The van der Waals surface area contributed by atoms with Crippen LogP contribution < -0.4 is 0 Å². The van der Waals surface area contributed by atoms with E-state index in [0.29, 0.717) is 32.1 Å². The van der Waals surface area contributed by atoms with Gasteiger partial charge in [0.1, 0.15) is 11.0 Å². The third-order valence-corrected chi connectivity index (χ3v) is 5.96. The van der Waals surface area contributed by atoms with Gasteiger partial charge in [0.2, 0.25) is 0 Å². The first-order valence-corrected chi connectivity index (χ1v) is 10.7. The predicted octanol–water partition coefficient (Wildman–Crippen LogP) is 7.92. The van der Waals surface area contributed by atoms with Crippen molar-refractivity contribution in [1.82, 2.24) is 15.0 Å². The Labute approximate surface area is 191 Å². The molecule has 3 nitrogen and oxygen atoms in total. The van der Waals surface area contributed by atoms with Gasteiger partial charge in [-0.1, -0.05) is 85.9 Å². The Morgan fingerprint density at radius 2 is 1.50 bits per heavy atom. The molecule has 2 aromatic heterocycles. The SMILES string of the molecule is Cc1cccc(-c2nc3nc(C(C)(C)C)nc(Cl)c3cc2-c2ccc(Cl)cc2)c1Cl. The number of halogens is 3. The van der Waals surface area contributed by atoms with Crippen LogP contribution in [0.3, 0.4) is 0 Å². The van der Waals surface area contributed by atoms with Crippen molar-refractivity contribution in [3.05, 3.63) is 75.1 Å². The number of hydrogen-bond donors (Lipinski definition) is 0. The van der Waals surface area contributed by atoms with Crippen LogP contribution in [0.25, 0.3) is 33.4 Å². The lowest BCUT2D eigenvalue weighted by molar-refractivity contribution is 0.548. The molecule has 0 aliphatic rings. The molecule has 0 atom stereocenters. The summed E-state index contributed by atoms with van der Waals surface area (Å²) < 4.78 is 0. The summed E-state index contributed by atoms with van der Waals surface area (Å²) in [5.41, 5.74) is 4.70. The van der Waals surface area contributed by atoms with E-state index in [1.54, 1.807) is 0 Å². The number of aromatic nitrogens is 3. The molecule has 0 amide bonds. The molecule has 4 rings (SSSR count). The van der Waals surface area contributed by atoms with Crippen molar-refractivity contribution >= 4 is 45.8 Å². The lowest BCUT2D eigenvalue weighted by Gasteiger charge is -2.18. The number of pyridine rings is 1. The number of nitrogens with zero attached hydrogens (tertiary/aromatic N) is 3. The zero-order chi connectivity index (χ0) is 21.6. The fourth-order valence-corrected chi connectivity index (χ4v) is 3.80. The second-order valence-electron chi connectivity index (χ2n) is 8.29. The van der Waals surface area contributed by atoms with Gasteiger partial charge in [0.05, 0.1) is 16.1 Å². The Kier molecular flexibility index (Phi) is 5.48. The van der Waals surface area contributed by atoms with Crippen molar-refractivity contribution in [3.8, 4) is 22.4 Å². The van der Waals surface area contributed by atoms with Crippen LogP contribution in [0.5, 0.6) is 0 Å². The van der Waals surface area contributed by atoms with Crippen LogP contribution in [-0.2, 0) is 5.41 Å². The highest BCUT2D eigenvalue weighted by Crippen LogP contribution is 2.39. The first-order chi connectivity index (χ1) is 14.1. The molecular formula is C24H20Cl3N3. The summed E-state index contributed by atoms with van der Waals surface area (Å²) in [7, 11) is 0. The van der Waals surface area contributed by atoms with Gasteiger partial charge in [-0.05, 0) is 36.2 Å². The molecule has 4 aromatic rings. The van der Waals surface area contributed by atoms with Gasteiger partial charge in [0.25, 0.3) is 0 Å². The van der Waals surface area contributed by atoms with Crippen LogP contribution in [-0.4, -0.2) is 15.0 Å². The lowest BCUT2D eigenvalue weighted by atomic mass is 9.95. The van der Waals surface area contributed by atoms with Crippen LogP contribution in [0.15, 0.2) is 48.5 Å². The van der Waals surface area contributed by atoms with Gasteiger partial charge in [-0.15, -0.1) is 0 Å². The Hall–Kier alpha value is -2.20. The third kappa shape index (κ3) is 3.90. The first kappa shape index (κ1) is 21.0. The molecule has 6 heteroatoms. The quantitative estimate of drug-likeness (QED) is 0.287. The minimum absolute atomic E-state index is 0.254. The predicted molar refractivity (Wildman–Crippen MR) is 127 cm³/mol. The fraction of sp³-hybridized carbons (Fsp3) is 0.208. The van der Waals surface area contributed by atoms with Crippen molar-refractivity contribution < 1.29 is 0 Å². The van der Waals surface area contributed by atoms with Gasteiger partial charge in [0, 0.05) is 21.6 Å². The summed E-state index contributed by atoms with van der Waals surface area (Å²) in [4.78, 5) is 14.2. The molecule has 0 unspecified atom stereocenters. The smallest absolute Gasteiger partial charge is 0.165 e. The lowest BCUT2D eigenvalue weighted by Crippen LogP contribution is -2.16. The molecule has 2 heterocycles. The second-order valence-corrected chi connectivity index (χ2v) is 9.46. The second kappa shape index (κ2) is 7.81. The van der Waals surface area contributed by atoms with E-state index in [0.717, 1.165) is 27.9 Å². The van der Waals surface area contributed by atoms with Gasteiger partial charge >= 0.3 is 0 Å². The van der Waals surface area contributed by atoms with E-state index >= 15 is 0 Å². The Morgan fingerprint density at radius 1 is 0.800 bits per heavy atom. The van der Waals surface area contributed by atoms with E-state index in [-0.39, 0.29) is 5.41 Å². The molecule has 0 saturated heterocycles. The summed E-state index contributed by atoms with van der Waals surface area (Å²) >= 11 is 19.4. The Bertz CT molecular complexity index is 1260. The van der Waals surface area contributed by atoms with Crippen LogP contribution in [0.4, 0.5) is 0 Å². The van der Waals surface area contributed by atoms with Crippen molar-refractivity contribution in [3.63, 3.8) is 0 Å². The molecule has 0 fully saturated rings. The molecular weight excluding hydrogens is 437 g/mol. The van der Waals surface area contributed by atoms with Crippen LogP contribution in [0.1, 0.15) is 32.2 Å². The average molecular weight is 457 g/mol. The number of hydrogen-bond acceptors (Lipinski definition) is 3. The minimum Gasteiger partial charge on any atom is -0.227 e. The van der Waals surface area contributed by atoms with Crippen LogP contribution >= 0.6 is 34.8 Å². The van der Waals surface area contributed by atoms with E-state index in [9.17, 15) is 0 Å². The molecule has 152 valence electrons. The maximum absolute atomic E-state index is 6.68. The van der Waals surface area contributed by atoms with Crippen molar-refractivity contribution in [2.24, 2.45) is 0 Å². The van der Waals surface area contributed by atoms with Gasteiger partial charge in [-0.2, -0.15) is 0 Å². The summed E-state index contributed by atoms with van der Waals surface area (Å²) in [5.74, 6) is 0.646. The highest BCUT2D eigenvalue weighted by atomic mass is 35.5. The van der Waals surface area contributed by atoms with E-state index < -0.39 is 0 Å². The number of benzene rings is 2. The highest BCUT2D eigenvalue weighted by Gasteiger charge is 2.22. The van der Waals surface area contributed by atoms with Gasteiger partial charge in [0.15, 0.2) is 5.65 Å². The molecule has 0 N–H and O–H groups in total.